The zero-order chi connectivity index (χ0) is 10.1. The molecule has 0 aliphatic heterocycles. The number of hydrogen-bond donors (Lipinski definition) is 1. The fourth-order valence-corrected chi connectivity index (χ4v) is 1.44. The Bertz CT molecular complexity index is 100. The van der Waals surface area contributed by atoms with Crippen LogP contribution < -0.4 is 0 Å². The van der Waals surface area contributed by atoms with Crippen LogP contribution in [0.5, 0.6) is 0 Å². The number of aliphatic hydroxyl groups excluding tert-OH is 1. The molecule has 2 atom stereocenters. The largest absolute Gasteiger partial charge is 0.393 e. The summed E-state index contributed by atoms with van der Waals surface area (Å²) in [7, 11) is 1.77. The average Bonchev–Trinajstić information content (AvgIpc) is 2.18. The molecule has 0 aliphatic carbocycles. The van der Waals surface area contributed by atoms with Gasteiger partial charge in [-0.1, -0.05) is 26.7 Å². The zero-order valence-electron chi connectivity index (χ0n) is 9.25. The van der Waals surface area contributed by atoms with Gasteiger partial charge < -0.3 is 9.84 Å². The normalized spacial score (nSPS) is 15.7. The molecule has 0 aromatic heterocycles. The highest BCUT2D eigenvalue weighted by Gasteiger charge is 2.04. The van der Waals surface area contributed by atoms with Gasteiger partial charge in [-0.3, -0.25) is 0 Å². The van der Waals surface area contributed by atoms with Crippen molar-refractivity contribution in [3.63, 3.8) is 0 Å². The lowest BCUT2D eigenvalue weighted by Gasteiger charge is -2.13. The molecule has 0 saturated carbocycles. The van der Waals surface area contributed by atoms with Crippen molar-refractivity contribution in [1.82, 2.24) is 0 Å². The summed E-state index contributed by atoms with van der Waals surface area (Å²) >= 11 is 0. The highest BCUT2D eigenvalue weighted by Crippen LogP contribution is 2.11. The van der Waals surface area contributed by atoms with Crippen molar-refractivity contribution in [3.8, 4) is 0 Å². The molecule has 2 heteroatoms. The second-order valence-corrected chi connectivity index (χ2v) is 3.61. The van der Waals surface area contributed by atoms with Gasteiger partial charge >= 0.3 is 0 Å². The van der Waals surface area contributed by atoms with E-state index in [9.17, 15) is 5.11 Å². The van der Waals surface area contributed by atoms with Gasteiger partial charge in [-0.25, -0.2) is 0 Å². The van der Waals surface area contributed by atoms with E-state index in [4.69, 9.17) is 4.74 Å². The smallest absolute Gasteiger partial charge is 0.0568 e. The Kier molecular flexibility index (Phi) is 8.46. The first-order valence-corrected chi connectivity index (χ1v) is 5.45. The average molecular weight is 188 g/mol. The molecule has 0 fully saturated rings. The van der Waals surface area contributed by atoms with Crippen LogP contribution in [-0.2, 0) is 4.74 Å². The Morgan fingerprint density at radius 2 is 1.69 bits per heavy atom. The Labute approximate surface area is 82.3 Å². The molecule has 0 rings (SSSR count). The third-order valence-electron chi connectivity index (χ3n) is 2.57. The lowest BCUT2D eigenvalue weighted by Crippen LogP contribution is -2.09. The maximum absolute atomic E-state index is 9.31. The molecule has 0 bridgehead atoms. The van der Waals surface area contributed by atoms with Gasteiger partial charge in [0, 0.05) is 7.11 Å². The Morgan fingerprint density at radius 1 is 1.08 bits per heavy atom. The lowest BCUT2D eigenvalue weighted by molar-refractivity contribution is 0.0875. The predicted molar refractivity (Wildman–Crippen MR) is 55.9 cm³/mol. The zero-order valence-corrected chi connectivity index (χ0v) is 9.25. The lowest BCUT2D eigenvalue weighted by atomic mass is 10.1. The summed E-state index contributed by atoms with van der Waals surface area (Å²) in [5.74, 6) is 0. The summed E-state index contributed by atoms with van der Waals surface area (Å²) in [5.41, 5.74) is 0. The monoisotopic (exact) mass is 188 g/mol. The first-order chi connectivity index (χ1) is 6.24. The van der Waals surface area contributed by atoms with E-state index in [1.54, 1.807) is 7.11 Å². The minimum atomic E-state index is -0.0948. The molecule has 0 saturated heterocycles. The molecule has 0 amide bonds. The molecule has 13 heavy (non-hydrogen) atoms. The van der Waals surface area contributed by atoms with E-state index in [0.717, 1.165) is 32.1 Å². The van der Waals surface area contributed by atoms with E-state index in [1.165, 1.54) is 6.42 Å². The van der Waals surface area contributed by atoms with Gasteiger partial charge in [-0.15, -0.1) is 0 Å². The first-order valence-electron chi connectivity index (χ1n) is 5.45. The molecule has 0 heterocycles. The summed E-state index contributed by atoms with van der Waals surface area (Å²) in [6, 6.07) is 0. The van der Waals surface area contributed by atoms with Crippen molar-refractivity contribution >= 4 is 0 Å². The molecular formula is C11H24O2. The third kappa shape index (κ3) is 7.03. The SMILES string of the molecule is CCC(O)CCCCC(CC)OC. The summed E-state index contributed by atoms with van der Waals surface area (Å²) < 4.78 is 5.27. The van der Waals surface area contributed by atoms with Gasteiger partial charge in [0.05, 0.1) is 12.2 Å². The van der Waals surface area contributed by atoms with Crippen LogP contribution in [0.1, 0.15) is 52.4 Å². The van der Waals surface area contributed by atoms with Crippen molar-refractivity contribution < 1.29 is 9.84 Å². The van der Waals surface area contributed by atoms with Crippen LogP contribution in [0, 0.1) is 0 Å². The van der Waals surface area contributed by atoms with E-state index in [0.29, 0.717) is 6.10 Å². The second-order valence-electron chi connectivity index (χ2n) is 3.61. The summed E-state index contributed by atoms with van der Waals surface area (Å²) in [5, 5.41) is 9.31. The number of methoxy groups -OCH3 is 1. The molecule has 2 nitrogen and oxygen atoms in total. The van der Waals surface area contributed by atoms with Gasteiger partial charge in [0.2, 0.25) is 0 Å². The minimum absolute atomic E-state index is 0.0948. The molecular weight excluding hydrogens is 164 g/mol. The van der Waals surface area contributed by atoms with Gasteiger partial charge in [0.15, 0.2) is 0 Å². The molecule has 80 valence electrons. The van der Waals surface area contributed by atoms with Crippen LogP contribution in [0.3, 0.4) is 0 Å². The van der Waals surface area contributed by atoms with E-state index in [-0.39, 0.29) is 6.10 Å². The molecule has 2 unspecified atom stereocenters. The summed E-state index contributed by atoms with van der Waals surface area (Å²) in [6.07, 6.45) is 6.65. The van der Waals surface area contributed by atoms with Crippen molar-refractivity contribution in [2.24, 2.45) is 0 Å². The van der Waals surface area contributed by atoms with Gasteiger partial charge in [-0.2, -0.15) is 0 Å². The van der Waals surface area contributed by atoms with E-state index in [1.807, 2.05) is 6.92 Å². The molecule has 0 aromatic rings. The maximum atomic E-state index is 9.31. The highest BCUT2D eigenvalue weighted by molar-refractivity contribution is 4.57. The predicted octanol–water partition coefficient (Wildman–Crippen LogP) is 2.74. The van der Waals surface area contributed by atoms with Crippen LogP contribution in [0.15, 0.2) is 0 Å². The highest BCUT2D eigenvalue weighted by atomic mass is 16.5. The molecule has 0 spiro atoms. The van der Waals surface area contributed by atoms with Crippen LogP contribution in [0.2, 0.25) is 0 Å². The fourth-order valence-electron chi connectivity index (χ4n) is 1.44. The second kappa shape index (κ2) is 8.52. The van der Waals surface area contributed by atoms with Crippen molar-refractivity contribution in [2.75, 3.05) is 7.11 Å². The number of aliphatic hydroxyl groups is 1. The van der Waals surface area contributed by atoms with Gasteiger partial charge in [0.25, 0.3) is 0 Å². The van der Waals surface area contributed by atoms with Crippen LogP contribution in [0.4, 0.5) is 0 Å². The number of ether oxygens (including phenoxy) is 1. The quantitative estimate of drug-likeness (QED) is 0.593. The Balaban J connectivity index is 3.23. The molecule has 1 N–H and O–H groups in total. The third-order valence-corrected chi connectivity index (χ3v) is 2.57. The summed E-state index contributed by atoms with van der Waals surface area (Å²) in [6.45, 7) is 4.17. The standard InChI is InChI=1S/C11H24O2/c1-4-10(12)8-6-7-9-11(5-2)13-3/h10-12H,4-9H2,1-3H3. The topological polar surface area (TPSA) is 29.5 Å². The van der Waals surface area contributed by atoms with Crippen molar-refractivity contribution in [1.29, 1.82) is 0 Å². The summed E-state index contributed by atoms with van der Waals surface area (Å²) in [4.78, 5) is 0. The number of unbranched alkanes of at least 4 members (excludes halogenated alkanes) is 1. The molecule has 0 aromatic carbocycles. The number of rotatable bonds is 8. The van der Waals surface area contributed by atoms with Crippen LogP contribution in [-0.4, -0.2) is 24.4 Å². The van der Waals surface area contributed by atoms with Crippen LogP contribution in [0.25, 0.3) is 0 Å². The maximum Gasteiger partial charge on any atom is 0.0568 e. The Morgan fingerprint density at radius 3 is 2.15 bits per heavy atom. The first kappa shape index (κ1) is 12.9. The molecule has 0 radical (unpaired) electrons. The molecule has 0 aliphatic rings. The minimum Gasteiger partial charge on any atom is -0.393 e. The Hall–Kier alpha value is -0.0800. The van der Waals surface area contributed by atoms with E-state index < -0.39 is 0 Å². The fraction of sp³-hybridized carbons (Fsp3) is 1.00. The van der Waals surface area contributed by atoms with Gasteiger partial charge in [-0.05, 0) is 25.7 Å². The van der Waals surface area contributed by atoms with E-state index >= 15 is 0 Å². The van der Waals surface area contributed by atoms with Crippen molar-refractivity contribution in [2.45, 2.75) is 64.6 Å². The van der Waals surface area contributed by atoms with Crippen molar-refractivity contribution in [3.05, 3.63) is 0 Å². The van der Waals surface area contributed by atoms with E-state index in [2.05, 4.69) is 6.92 Å². The van der Waals surface area contributed by atoms with Crippen LogP contribution >= 0.6 is 0 Å². The van der Waals surface area contributed by atoms with Gasteiger partial charge in [0.1, 0.15) is 0 Å². The number of hydrogen-bond acceptors (Lipinski definition) is 2.